The van der Waals surface area contributed by atoms with E-state index >= 15 is 0 Å². The first-order valence-corrected chi connectivity index (χ1v) is 9.27. The highest BCUT2D eigenvalue weighted by Gasteiger charge is 2.15. The molecule has 0 bridgehead atoms. The van der Waals surface area contributed by atoms with Crippen molar-refractivity contribution in [1.29, 1.82) is 0 Å². The number of guanidine groups is 1. The Morgan fingerprint density at radius 3 is 2.33 bits per heavy atom. The topological polar surface area (TPSA) is 64.1 Å². The molecule has 0 aliphatic carbocycles. The van der Waals surface area contributed by atoms with E-state index in [2.05, 4.69) is 34.0 Å². The van der Waals surface area contributed by atoms with E-state index in [4.69, 9.17) is 14.2 Å². The van der Waals surface area contributed by atoms with Crippen molar-refractivity contribution in [3.05, 3.63) is 39.6 Å². The lowest BCUT2D eigenvalue weighted by Crippen LogP contribution is -2.37. The van der Waals surface area contributed by atoms with Gasteiger partial charge in [-0.1, -0.05) is 6.07 Å². The molecule has 1 aromatic heterocycles. The number of benzene rings is 1. The molecule has 0 amide bonds. The van der Waals surface area contributed by atoms with Crippen molar-refractivity contribution in [2.75, 3.05) is 34.9 Å². The number of aryl methyl sites for hydroxylation is 1. The molecule has 6 nitrogen and oxygen atoms in total. The van der Waals surface area contributed by atoms with Crippen molar-refractivity contribution in [3.8, 4) is 17.2 Å². The van der Waals surface area contributed by atoms with Crippen LogP contribution in [-0.2, 0) is 13.0 Å². The molecular weight excluding hydrogens is 477 g/mol. The van der Waals surface area contributed by atoms with E-state index in [1.165, 1.54) is 10.4 Å². The van der Waals surface area contributed by atoms with Crippen LogP contribution in [0.25, 0.3) is 0 Å². The van der Waals surface area contributed by atoms with E-state index in [0.29, 0.717) is 17.2 Å². The summed E-state index contributed by atoms with van der Waals surface area (Å²) in [5.41, 5.74) is 2.34. The molecule has 0 atom stereocenters. The largest absolute Gasteiger partial charge is 0.493 e. The molecule has 27 heavy (non-hydrogen) atoms. The molecule has 1 heterocycles. The maximum atomic E-state index is 5.53. The number of nitrogens with one attached hydrogen (secondary N) is 2. The predicted octanol–water partition coefficient (Wildman–Crippen LogP) is 3.61. The second-order valence-corrected chi connectivity index (χ2v) is 6.62. The zero-order valence-corrected chi connectivity index (χ0v) is 19.6. The van der Waals surface area contributed by atoms with Crippen molar-refractivity contribution in [2.24, 2.45) is 4.99 Å². The van der Waals surface area contributed by atoms with Gasteiger partial charge in [-0.3, -0.25) is 4.99 Å². The summed E-state index contributed by atoms with van der Waals surface area (Å²) in [4.78, 5) is 5.59. The van der Waals surface area contributed by atoms with E-state index < -0.39 is 0 Å². The molecule has 150 valence electrons. The molecule has 0 fully saturated rings. The first-order chi connectivity index (χ1) is 12.6. The predicted molar refractivity (Wildman–Crippen MR) is 122 cm³/mol. The van der Waals surface area contributed by atoms with E-state index in [0.717, 1.165) is 31.0 Å². The number of hydrogen-bond acceptors (Lipinski definition) is 5. The van der Waals surface area contributed by atoms with E-state index in [9.17, 15) is 0 Å². The van der Waals surface area contributed by atoms with Crippen LogP contribution in [0.15, 0.2) is 28.6 Å². The molecule has 0 spiro atoms. The molecule has 1 aromatic carbocycles. The summed E-state index contributed by atoms with van der Waals surface area (Å²) in [5, 5.41) is 8.78. The Morgan fingerprint density at radius 2 is 1.78 bits per heavy atom. The van der Waals surface area contributed by atoms with Gasteiger partial charge in [-0.2, -0.15) is 0 Å². The second-order valence-electron chi connectivity index (χ2n) is 5.62. The molecule has 2 aromatic rings. The summed E-state index contributed by atoms with van der Waals surface area (Å²) in [7, 11) is 6.63. The normalized spacial score (nSPS) is 10.8. The number of thiophene rings is 1. The number of rotatable bonds is 8. The fraction of sp³-hybridized carbons (Fsp3) is 0.421. The van der Waals surface area contributed by atoms with Crippen LogP contribution in [0.1, 0.15) is 16.0 Å². The minimum atomic E-state index is 0. The lowest BCUT2D eigenvalue weighted by atomic mass is 10.1. The fourth-order valence-electron chi connectivity index (χ4n) is 2.65. The average Bonchev–Trinajstić information content (AvgIpc) is 3.08. The molecule has 0 aliphatic heterocycles. The van der Waals surface area contributed by atoms with Crippen molar-refractivity contribution in [3.63, 3.8) is 0 Å². The molecule has 2 N–H and O–H groups in total. The highest BCUT2D eigenvalue weighted by atomic mass is 127. The van der Waals surface area contributed by atoms with Gasteiger partial charge in [-0.05, 0) is 36.4 Å². The maximum absolute atomic E-state index is 5.53. The van der Waals surface area contributed by atoms with Crippen molar-refractivity contribution in [2.45, 2.75) is 19.9 Å². The Morgan fingerprint density at radius 1 is 1.04 bits per heavy atom. The first-order valence-electron chi connectivity index (χ1n) is 8.39. The fourth-order valence-corrected chi connectivity index (χ4v) is 3.49. The smallest absolute Gasteiger partial charge is 0.203 e. The van der Waals surface area contributed by atoms with Crippen LogP contribution in [0.4, 0.5) is 0 Å². The van der Waals surface area contributed by atoms with E-state index in [-0.39, 0.29) is 24.0 Å². The number of aliphatic imine (C=N–C) groups is 1. The second kappa shape index (κ2) is 11.9. The zero-order valence-electron chi connectivity index (χ0n) is 16.4. The van der Waals surface area contributed by atoms with Crippen LogP contribution < -0.4 is 24.8 Å². The summed E-state index contributed by atoms with van der Waals surface area (Å²) in [5.74, 6) is 2.75. The molecule has 0 radical (unpaired) electrons. The minimum absolute atomic E-state index is 0. The third-order valence-electron chi connectivity index (χ3n) is 4.08. The van der Waals surface area contributed by atoms with Gasteiger partial charge in [0.2, 0.25) is 5.75 Å². The summed E-state index contributed by atoms with van der Waals surface area (Å²) >= 11 is 1.75. The van der Waals surface area contributed by atoms with Gasteiger partial charge in [0.1, 0.15) is 0 Å². The summed E-state index contributed by atoms with van der Waals surface area (Å²) in [6.07, 6.45) is 0.766. The van der Waals surface area contributed by atoms with Crippen molar-refractivity contribution < 1.29 is 14.2 Å². The Hall–Kier alpha value is -1.68. The van der Waals surface area contributed by atoms with Crippen LogP contribution in [0.5, 0.6) is 17.2 Å². The Bertz CT molecular complexity index is 750. The van der Waals surface area contributed by atoms with Crippen LogP contribution in [-0.4, -0.2) is 40.9 Å². The summed E-state index contributed by atoms with van der Waals surface area (Å²) in [6.45, 7) is 3.60. The number of nitrogens with zero attached hydrogens (tertiary/aromatic N) is 1. The highest BCUT2D eigenvalue weighted by molar-refractivity contribution is 14.0. The standard InChI is InChI=1S/C19H27N3O3S.HI/c1-13-9-11-26-16(13)12-22-19(20-2)21-10-8-14-6-7-15(23-3)18(25-5)17(14)24-4;/h6-7,9,11H,8,10,12H2,1-5H3,(H2,20,21,22);1H. The molecule has 0 aliphatic rings. The van der Waals surface area contributed by atoms with Gasteiger partial charge in [0.05, 0.1) is 27.9 Å². The van der Waals surface area contributed by atoms with Crippen molar-refractivity contribution >= 4 is 41.3 Å². The SMILES string of the molecule is CN=C(NCCc1ccc(OC)c(OC)c1OC)NCc1sccc1C.I. The van der Waals surface area contributed by atoms with Gasteiger partial charge in [-0.25, -0.2) is 0 Å². The number of methoxy groups -OCH3 is 3. The monoisotopic (exact) mass is 505 g/mol. The number of ether oxygens (including phenoxy) is 3. The first kappa shape index (κ1) is 23.4. The molecule has 0 saturated carbocycles. The number of halogens is 1. The van der Waals surface area contributed by atoms with Gasteiger partial charge in [0.25, 0.3) is 0 Å². The van der Waals surface area contributed by atoms with E-state index in [1.54, 1.807) is 39.7 Å². The minimum Gasteiger partial charge on any atom is -0.493 e. The average molecular weight is 505 g/mol. The molecule has 2 rings (SSSR count). The van der Waals surface area contributed by atoms with Gasteiger partial charge >= 0.3 is 0 Å². The summed E-state index contributed by atoms with van der Waals surface area (Å²) in [6, 6.07) is 6.01. The van der Waals surface area contributed by atoms with Gasteiger partial charge in [0.15, 0.2) is 17.5 Å². The third-order valence-corrected chi connectivity index (χ3v) is 5.10. The Kier molecular flexibility index (Phi) is 10.3. The lowest BCUT2D eigenvalue weighted by molar-refractivity contribution is 0.322. The quantitative estimate of drug-likeness (QED) is 0.326. The Labute approximate surface area is 182 Å². The van der Waals surface area contributed by atoms with Crippen LogP contribution in [0.2, 0.25) is 0 Å². The van der Waals surface area contributed by atoms with Crippen LogP contribution >= 0.6 is 35.3 Å². The molecular formula is C19H28IN3O3S. The molecule has 0 saturated heterocycles. The zero-order chi connectivity index (χ0) is 18.9. The van der Waals surface area contributed by atoms with Crippen LogP contribution in [0, 0.1) is 6.92 Å². The number of hydrogen-bond donors (Lipinski definition) is 2. The van der Waals surface area contributed by atoms with Gasteiger partial charge in [0, 0.05) is 24.0 Å². The maximum Gasteiger partial charge on any atom is 0.203 e. The van der Waals surface area contributed by atoms with Gasteiger partial charge < -0.3 is 24.8 Å². The molecule has 0 unspecified atom stereocenters. The van der Waals surface area contributed by atoms with Gasteiger partial charge in [-0.15, -0.1) is 35.3 Å². The third kappa shape index (κ3) is 6.17. The molecule has 8 heteroatoms. The Balaban J connectivity index is 0.00000364. The van der Waals surface area contributed by atoms with Crippen LogP contribution in [0.3, 0.4) is 0 Å². The summed E-state index contributed by atoms with van der Waals surface area (Å²) < 4.78 is 16.3. The lowest BCUT2D eigenvalue weighted by Gasteiger charge is -2.16. The van der Waals surface area contributed by atoms with E-state index in [1.807, 2.05) is 12.1 Å². The highest BCUT2D eigenvalue weighted by Crippen LogP contribution is 2.39. The van der Waals surface area contributed by atoms with Crippen molar-refractivity contribution in [1.82, 2.24) is 10.6 Å².